The first-order chi connectivity index (χ1) is 14.6. The highest BCUT2D eigenvalue weighted by molar-refractivity contribution is 5.68. The first-order valence-electron chi connectivity index (χ1n) is 9.34. The van der Waals surface area contributed by atoms with E-state index in [0.717, 1.165) is 23.7 Å². The van der Waals surface area contributed by atoms with Gasteiger partial charge in [-0.3, -0.25) is 0 Å². The summed E-state index contributed by atoms with van der Waals surface area (Å²) in [6.07, 6.45) is 3.53. The highest BCUT2D eigenvalue weighted by Gasteiger charge is 2.41. The number of fused-ring (bicyclic) bond motifs is 1. The third-order valence-electron chi connectivity index (χ3n) is 5.33. The minimum absolute atomic E-state index is 0.117. The Morgan fingerprint density at radius 1 is 1.00 bits per heavy atom. The van der Waals surface area contributed by atoms with Gasteiger partial charge >= 0.3 is 6.01 Å². The van der Waals surface area contributed by atoms with Crippen LogP contribution in [0.2, 0.25) is 0 Å². The number of hydrogen-bond donors (Lipinski definition) is 0. The van der Waals surface area contributed by atoms with Crippen LogP contribution in [0.1, 0.15) is 29.4 Å². The average Bonchev–Trinajstić information content (AvgIpc) is 3.49. The smallest absolute Gasteiger partial charge is 0.319 e. The van der Waals surface area contributed by atoms with Crippen LogP contribution in [0.4, 0.5) is 8.78 Å². The van der Waals surface area contributed by atoms with Crippen LogP contribution in [-0.2, 0) is 0 Å². The minimum Gasteiger partial charge on any atom is -0.480 e. The predicted molar refractivity (Wildman–Crippen MR) is 104 cm³/mol. The minimum atomic E-state index is -0.569. The first kappa shape index (κ1) is 18.4. The fourth-order valence-electron chi connectivity index (χ4n) is 3.77. The molecule has 2 atom stereocenters. The second kappa shape index (κ2) is 7.01. The van der Waals surface area contributed by atoms with Gasteiger partial charge < -0.3 is 9.47 Å². The zero-order chi connectivity index (χ0) is 20.8. The maximum atomic E-state index is 14.4. The van der Waals surface area contributed by atoms with E-state index >= 15 is 0 Å². The first-order valence-corrected chi connectivity index (χ1v) is 9.34. The van der Waals surface area contributed by atoms with Crippen molar-refractivity contribution in [3.8, 4) is 23.1 Å². The third kappa shape index (κ3) is 3.02. The van der Waals surface area contributed by atoms with E-state index in [1.165, 1.54) is 37.1 Å². The van der Waals surface area contributed by atoms with Crippen molar-refractivity contribution in [1.29, 1.82) is 0 Å². The summed E-state index contributed by atoms with van der Waals surface area (Å²) >= 11 is 0. The van der Waals surface area contributed by atoms with Gasteiger partial charge in [-0.2, -0.15) is 19.0 Å². The predicted octanol–water partition coefficient (Wildman–Crippen LogP) is 3.75. The van der Waals surface area contributed by atoms with Gasteiger partial charge in [0.1, 0.15) is 5.82 Å². The van der Waals surface area contributed by atoms with E-state index in [0.29, 0.717) is 16.9 Å². The Morgan fingerprint density at radius 3 is 2.53 bits per heavy atom. The number of aromatic nitrogens is 5. The Morgan fingerprint density at radius 2 is 1.80 bits per heavy atom. The molecule has 9 heteroatoms. The Kier molecular flexibility index (Phi) is 4.30. The lowest BCUT2D eigenvalue weighted by molar-refractivity contribution is 0.353. The van der Waals surface area contributed by atoms with Crippen molar-refractivity contribution in [2.24, 2.45) is 0 Å². The van der Waals surface area contributed by atoms with Crippen LogP contribution in [0.3, 0.4) is 0 Å². The van der Waals surface area contributed by atoms with Gasteiger partial charge in [0.05, 0.1) is 31.7 Å². The maximum Gasteiger partial charge on any atom is 0.319 e. The Bertz CT molecular complexity index is 1240. The summed E-state index contributed by atoms with van der Waals surface area (Å²) in [7, 11) is 2.94. The van der Waals surface area contributed by atoms with Crippen molar-refractivity contribution >= 4 is 5.65 Å². The van der Waals surface area contributed by atoms with Crippen LogP contribution in [0, 0.1) is 11.8 Å². The summed E-state index contributed by atoms with van der Waals surface area (Å²) in [5.41, 5.74) is 3.32. The normalized spacial score (nSPS) is 17.9. The van der Waals surface area contributed by atoms with Gasteiger partial charge in [-0.05, 0) is 42.0 Å². The molecule has 0 saturated heterocycles. The molecule has 0 amide bonds. The van der Waals surface area contributed by atoms with Crippen molar-refractivity contribution in [3.05, 3.63) is 65.6 Å². The molecule has 0 aliphatic heterocycles. The molecular formula is C21H17F2N5O2. The van der Waals surface area contributed by atoms with E-state index in [4.69, 9.17) is 9.47 Å². The van der Waals surface area contributed by atoms with Crippen molar-refractivity contribution < 1.29 is 18.3 Å². The second-order valence-electron chi connectivity index (χ2n) is 7.08. The second-order valence-corrected chi connectivity index (χ2v) is 7.08. The zero-order valence-electron chi connectivity index (χ0n) is 16.2. The maximum absolute atomic E-state index is 14.4. The molecule has 3 aromatic heterocycles. The number of rotatable bonds is 5. The molecule has 7 nitrogen and oxygen atoms in total. The number of methoxy groups -OCH3 is 2. The highest BCUT2D eigenvalue weighted by Crippen LogP contribution is 2.55. The van der Waals surface area contributed by atoms with Crippen LogP contribution in [0.5, 0.6) is 11.9 Å². The summed E-state index contributed by atoms with van der Waals surface area (Å²) in [6, 6.07) is 8.49. The van der Waals surface area contributed by atoms with Gasteiger partial charge in [-0.1, -0.05) is 12.1 Å². The van der Waals surface area contributed by atoms with Gasteiger partial charge in [0.15, 0.2) is 5.65 Å². The van der Waals surface area contributed by atoms with Crippen molar-refractivity contribution in [2.75, 3.05) is 14.2 Å². The molecule has 152 valence electrons. The Hall–Kier alpha value is -3.62. The quantitative estimate of drug-likeness (QED) is 0.500. The number of halogens is 2. The van der Waals surface area contributed by atoms with E-state index in [1.807, 2.05) is 6.07 Å². The Labute approximate surface area is 170 Å². The fraction of sp³-hybridized carbons (Fsp3) is 0.238. The monoisotopic (exact) mass is 409 g/mol. The Balaban J connectivity index is 1.61. The topological polar surface area (TPSA) is 74.4 Å². The number of nitrogens with zero attached hydrogens (tertiary/aromatic N) is 5. The van der Waals surface area contributed by atoms with E-state index < -0.39 is 5.95 Å². The van der Waals surface area contributed by atoms with E-state index in [1.54, 1.807) is 12.1 Å². The number of hydrogen-bond acceptors (Lipinski definition) is 6. The molecule has 3 heterocycles. The number of imidazole rings is 1. The van der Waals surface area contributed by atoms with Crippen LogP contribution in [-0.4, -0.2) is 38.8 Å². The van der Waals surface area contributed by atoms with Gasteiger partial charge in [-0.25, -0.2) is 14.4 Å². The lowest BCUT2D eigenvalue weighted by Crippen LogP contribution is -2.04. The average molecular weight is 409 g/mol. The van der Waals surface area contributed by atoms with E-state index in [2.05, 4.69) is 20.1 Å². The molecule has 5 rings (SSSR count). The fourth-order valence-corrected chi connectivity index (χ4v) is 3.77. The summed E-state index contributed by atoms with van der Waals surface area (Å²) in [5, 5.41) is 4.38. The molecule has 1 fully saturated rings. The van der Waals surface area contributed by atoms with Gasteiger partial charge in [0.25, 0.3) is 0 Å². The summed E-state index contributed by atoms with van der Waals surface area (Å²) in [4.78, 5) is 12.5. The molecule has 1 aromatic carbocycles. The van der Waals surface area contributed by atoms with Gasteiger partial charge in [-0.15, -0.1) is 0 Å². The van der Waals surface area contributed by atoms with Crippen molar-refractivity contribution in [2.45, 2.75) is 18.3 Å². The molecule has 30 heavy (non-hydrogen) atoms. The molecule has 0 bridgehead atoms. The highest BCUT2D eigenvalue weighted by atomic mass is 19.1. The number of benzene rings is 1. The van der Waals surface area contributed by atoms with Crippen molar-refractivity contribution in [1.82, 2.24) is 24.6 Å². The van der Waals surface area contributed by atoms with Crippen LogP contribution in [0.25, 0.3) is 16.9 Å². The molecular weight excluding hydrogens is 392 g/mol. The molecule has 4 aromatic rings. The largest absolute Gasteiger partial charge is 0.480 e. The van der Waals surface area contributed by atoms with Crippen LogP contribution < -0.4 is 9.47 Å². The summed E-state index contributed by atoms with van der Waals surface area (Å²) in [6.45, 7) is 0. The lowest BCUT2D eigenvalue weighted by atomic mass is 10.0. The SMILES string of the molecule is COc1ncc(-c2cc([C@H]3C[C@@H]3c3ccc(F)cc3)c3ncc(F)n3n2)c(OC)n1. The van der Waals surface area contributed by atoms with Crippen LogP contribution in [0.15, 0.2) is 42.7 Å². The molecule has 1 aliphatic rings. The van der Waals surface area contributed by atoms with E-state index in [-0.39, 0.29) is 29.5 Å². The molecule has 1 aliphatic carbocycles. The standard InChI is InChI=1S/C21H17F2N5O2/c1-29-20-16(9-25-21(26-20)30-2)17-8-15(19-24-10-18(23)28(19)27-17)14-7-13(14)11-3-5-12(22)6-4-11/h3-6,8-10,13-14H,7H2,1-2H3/t13-,14+/m1/s1. The van der Waals surface area contributed by atoms with Gasteiger partial charge in [0.2, 0.25) is 11.8 Å². The molecule has 0 spiro atoms. The summed E-state index contributed by atoms with van der Waals surface area (Å²) in [5.74, 6) is -0.247. The molecule has 0 N–H and O–H groups in total. The number of ether oxygens (including phenoxy) is 2. The van der Waals surface area contributed by atoms with E-state index in [9.17, 15) is 8.78 Å². The van der Waals surface area contributed by atoms with Crippen LogP contribution >= 0.6 is 0 Å². The van der Waals surface area contributed by atoms with Crippen molar-refractivity contribution in [3.63, 3.8) is 0 Å². The van der Waals surface area contributed by atoms with Gasteiger partial charge in [0, 0.05) is 11.8 Å². The summed E-state index contributed by atoms with van der Waals surface area (Å²) < 4.78 is 39.2. The molecule has 0 unspecified atom stereocenters. The molecule has 1 saturated carbocycles. The zero-order valence-corrected chi connectivity index (χ0v) is 16.2. The molecule has 0 radical (unpaired) electrons. The third-order valence-corrected chi connectivity index (χ3v) is 5.33. The lowest BCUT2D eigenvalue weighted by Gasteiger charge is -2.11.